The minimum absolute atomic E-state index is 0.0286. The van der Waals surface area contributed by atoms with E-state index in [1.54, 1.807) is 12.3 Å². The maximum absolute atomic E-state index is 10.2. The van der Waals surface area contributed by atoms with Crippen LogP contribution in [0.3, 0.4) is 0 Å². The number of halogens is 1. The first-order valence-corrected chi connectivity index (χ1v) is 10.3. The summed E-state index contributed by atoms with van der Waals surface area (Å²) in [5.74, 6) is 1.74. The topological polar surface area (TPSA) is 96.9 Å². The summed E-state index contributed by atoms with van der Waals surface area (Å²) < 4.78 is 6.66. The highest BCUT2D eigenvalue weighted by molar-refractivity contribution is 9.10. The van der Waals surface area contributed by atoms with Gasteiger partial charge in [0.05, 0.1) is 4.47 Å². The Kier molecular flexibility index (Phi) is 9.31. The molecule has 0 aliphatic rings. The summed E-state index contributed by atoms with van der Waals surface area (Å²) in [7, 11) is 0. The molecule has 3 heterocycles. The van der Waals surface area contributed by atoms with Crippen LogP contribution in [0.5, 0.6) is 0 Å². The third-order valence-electron chi connectivity index (χ3n) is 4.30. The summed E-state index contributed by atoms with van der Waals surface area (Å²) >= 11 is 3.50. The molecule has 1 amide bonds. The molecule has 3 rings (SSSR count). The number of pyridine rings is 1. The van der Waals surface area contributed by atoms with Crippen LogP contribution in [0.15, 0.2) is 75.9 Å². The molecular weight excluding hydrogens is 444 g/mol. The second kappa shape index (κ2) is 11.9. The highest BCUT2D eigenvalue weighted by atomic mass is 79.9. The van der Waals surface area contributed by atoms with Gasteiger partial charge in [0, 0.05) is 35.9 Å². The molecular formula is C23H27BrN4O2. The lowest BCUT2D eigenvalue weighted by atomic mass is 10.1. The first-order valence-electron chi connectivity index (χ1n) is 9.53. The molecule has 0 saturated carbocycles. The van der Waals surface area contributed by atoms with Crippen LogP contribution in [0, 0.1) is 6.92 Å². The largest absolute Gasteiger partial charge is 0.460 e. The molecule has 0 saturated heterocycles. The molecule has 7 heteroatoms. The third-order valence-corrected chi connectivity index (χ3v) is 4.89. The normalized spacial score (nSPS) is 12.5. The number of hydrogen-bond donors (Lipinski definition) is 3. The molecule has 0 aliphatic heterocycles. The van der Waals surface area contributed by atoms with E-state index >= 15 is 0 Å². The average Bonchev–Trinajstić information content (AvgIpc) is 3.34. The van der Waals surface area contributed by atoms with Gasteiger partial charge in [-0.3, -0.25) is 4.79 Å². The maximum Gasteiger partial charge on any atom is 0.207 e. The van der Waals surface area contributed by atoms with E-state index in [1.165, 1.54) is 5.57 Å². The van der Waals surface area contributed by atoms with Crippen LogP contribution >= 0.6 is 15.9 Å². The van der Waals surface area contributed by atoms with Crippen molar-refractivity contribution in [2.24, 2.45) is 5.73 Å². The van der Waals surface area contributed by atoms with Crippen LogP contribution in [-0.4, -0.2) is 29.0 Å². The number of amides is 1. The van der Waals surface area contributed by atoms with Crippen LogP contribution in [-0.2, 0) is 4.79 Å². The summed E-state index contributed by atoms with van der Waals surface area (Å²) in [5.41, 5.74) is 8.57. The summed E-state index contributed by atoms with van der Waals surface area (Å²) in [6.07, 6.45) is 12.6. The van der Waals surface area contributed by atoms with Gasteiger partial charge in [-0.1, -0.05) is 36.5 Å². The van der Waals surface area contributed by atoms with Gasteiger partial charge in [-0.2, -0.15) is 0 Å². The number of furan rings is 1. The van der Waals surface area contributed by atoms with Crippen molar-refractivity contribution in [3.63, 3.8) is 0 Å². The zero-order chi connectivity index (χ0) is 21.9. The first kappa shape index (κ1) is 23.4. The molecule has 6 nitrogen and oxygen atoms in total. The van der Waals surface area contributed by atoms with E-state index in [0.29, 0.717) is 13.0 Å². The SMILES string of the molecule is C=C/C=C\C=C(/C)CC(CN)NC=O.Cc1cc(Br)c(-c2ccnc3[nH]ccc23)o1. The third kappa shape index (κ3) is 6.57. The molecule has 4 N–H and O–H groups in total. The van der Waals surface area contributed by atoms with Gasteiger partial charge in [0.1, 0.15) is 17.2 Å². The van der Waals surface area contributed by atoms with Crippen molar-refractivity contribution in [1.29, 1.82) is 0 Å². The molecule has 3 aromatic rings. The quantitative estimate of drug-likeness (QED) is 0.317. The number of fused-ring (bicyclic) bond motifs is 1. The summed E-state index contributed by atoms with van der Waals surface area (Å²) in [6, 6.07) is 5.95. The van der Waals surface area contributed by atoms with Crippen LogP contribution < -0.4 is 11.1 Å². The molecule has 0 aromatic carbocycles. The number of carbonyl (C=O) groups is 1. The minimum Gasteiger partial charge on any atom is -0.460 e. The van der Waals surface area contributed by atoms with Crippen molar-refractivity contribution in [1.82, 2.24) is 15.3 Å². The monoisotopic (exact) mass is 470 g/mol. The Labute approximate surface area is 185 Å². The molecule has 1 unspecified atom stereocenters. The van der Waals surface area contributed by atoms with E-state index in [-0.39, 0.29) is 6.04 Å². The Hall–Kier alpha value is -2.90. The highest BCUT2D eigenvalue weighted by Crippen LogP contribution is 2.34. The predicted octanol–water partition coefficient (Wildman–Crippen LogP) is 5.03. The van der Waals surface area contributed by atoms with Crippen molar-refractivity contribution in [3.05, 3.63) is 77.3 Å². The second-order valence-corrected chi connectivity index (χ2v) is 7.54. The number of nitrogens with two attached hydrogens (primary N) is 1. The molecule has 0 fully saturated rings. The standard InChI is InChI=1S/C12H9BrN2O.C11H18N2O/c1-7-6-10(13)11(16-7)8-2-4-14-12-9(8)3-5-15-12;1-3-4-5-6-10(2)7-11(8-12)13-9-14/h2-6H,1H3,(H,14,15);3-6,9,11H,1,7-8,12H2,2H3,(H,13,14)/b;5-4-,10-6+. The zero-order valence-electron chi connectivity index (χ0n) is 17.2. The smallest absolute Gasteiger partial charge is 0.207 e. The molecule has 3 aromatic heterocycles. The van der Waals surface area contributed by atoms with Crippen molar-refractivity contribution in [2.75, 3.05) is 6.54 Å². The van der Waals surface area contributed by atoms with Gasteiger partial charge in [-0.15, -0.1) is 0 Å². The Bertz CT molecular complexity index is 1030. The number of allylic oxidation sites excluding steroid dienone is 4. The van der Waals surface area contributed by atoms with Crippen molar-refractivity contribution in [2.45, 2.75) is 26.3 Å². The number of nitrogens with one attached hydrogen (secondary N) is 2. The van der Waals surface area contributed by atoms with Crippen LogP contribution in [0.25, 0.3) is 22.4 Å². The lowest BCUT2D eigenvalue weighted by Gasteiger charge is -2.13. The van der Waals surface area contributed by atoms with E-state index in [1.807, 2.05) is 56.5 Å². The Balaban J connectivity index is 0.000000217. The Morgan fingerprint density at radius 3 is 2.87 bits per heavy atom. The molecule has 158 valence electrons. The molecule has 30 heavy (non-hydrogen) atoms. The van der Waals surface area contributed by atoms with Gasteiger partial charge >= 0.3 is 0 Å². The van der Waals surface area contributed by atoms with Crippen molar-refractivity contribution in [3.8, 4) is 11.3 Å². The van der Waals surface area contributed by atoms with Crippen molar-refractivity contribution < 1.29 is 9.21 Å². The van der Waals surface area contributed by atoms with E-state index in [9.17, 15) is 4.79 Å². The van der Waals surface area contributed by atoms with Gasteiger partial charge in [0.2, 0.25) is 6.41 Å². The average molecular weight is 471 g/mol. The van der Waals surface area contributed by atoms with Gasteiger partial charge < -0.3 is 20.5 Å². The summed E-state index contributed by atoms with van der Waals surface area (Å²) in [6.45, 7) is 7.96. The van der Waals surface area contributed by atoms with Gasteiger partial charge in [-0.25, -0.2) is 4.98 Å². The van der Waals surface area contributed by atoms with Crippen LogP contribution in [0.1, 0.15) is 19.1 Å². The summed E-state index contributed by atoms with van der Waals surface area (Å²) in [4.78, 5) is 17.5. The molecule has 0 spiro atoms. The molecule has 0 radical (unpaired) electrons. The molecule has 0 bridgehead atoms. The minimum atomic E-state index is 0.0286. The zero-order valence-corrected chi connectivity index (χ0v) is 18.8. The van der Waals surface area contributed by atoms with Gasteiger partial charge in [-0.05, 0) is 54.4 Å². The fourth-order valence-corrected chi connectivity index (χ4v) is 3.50. The fraction of sp³-hybridized carbons (Fsp3) is 0.217. The second-order valence-electron chi connectivity index (χ2n) is 6.69. The lowest BCUT2D eigenvalue weighted by molar-refractivity contribution is -0.110. The van der Waals surface area contributed by atoms with Crippen LogP contribution in [0.4, 0.5) is 0 Å². The van der Waals surface area contributed by atoms with Gasteiger partial charge in [0.25, 0.3) is 0 Å². The first-order chi connectivity index (χ1) is 14.5. The number of aryl methyl sites for hydroxylation is 1. The van der Waals surface area contributed by atoms with E-state index < -0.39 is 0 Å². The number of hydrogen-bond acceptors (Lipinski definition) is 4. The Morgan fingerprint density at radius 1 is 1.43 bits per heavy atom. The number of carbonyl (C=O) groups excluding carboxylic acids is 1. The highest BCUT2D eigenvalue weighted by Gasteiger charge is 2.12. The number of rotatable bonds is 8. The number of nitrogens with zero attached hydrogens (tertiary/aromatic N) is 1. The van der Waals surface area contributed by atoms with Crippen LogP contribution in [0.2, 0.25) is 0 Å². The number of H-pyrrole nitrogens is 1. The predicted molar refractivity (Wildman–Crippen MR) is 126 cm³/mol. The van der Waals surface area contributed by atoms with E-state index in [4.69, 9.17) is 10.2 Å². The maximum atomic E-state index is 10.2. The van der Waals surface area contributed by atoms with Gasteiger partial charge in [0.15, 0.2) is 0 Å². The molecule has 1 atom stereocenters. The Morgan fingerprint density at radius 2 is 2.23 bits per heavy atom. The molecule has 0 aliphatic carbocycles. The number of aromatic nitrogens is 2. The fourth-order valence-electron chi connectivity index (χ4n) is 2.89. The number of aromatic amines is 1. The van der Waals surface area contributed by atoms with E-state index in [0.717, 1.165) is 39.0 Å². The summed E-state index contributed by atoms with van der Waals surface area (Å²) in [5, 5.41) is 3.73. The lowest BCUT2D eigenvalue weighted by Crippen LogP contribution is -2.35. The van der Waals surface area contributed by atoms with Crippen molar-refractivity contribution >= 4 is 33.4 Å². The van der Waals surface area contributed by atoms with E-state index in [2.05, 4.69) is 37.8 Å².